The fourth-order valence-electron chi connectivity index (χ4n) is 3.37. The van der Waals surface area contributed by atoms with Gasteiger partial charge in [0, 0.05) is 18.8 Å². The molecule has 25 heavy (non-hydrogen) atoms. The molecule has 1 N–H and O–H groups in total. The van der Waals surface area contributed by atoms with Gasteiger partial charge < -0.3 is 10.1 Å². The van der Waals surface area contributed by atoms with Crippen LogP contribution >= 0.6 is 0 Å². The van der Waals surface area contributed by atoms with Crippen LogP contribution in [0.15, 0.2) is 48.7 Å². The lowest BCUT2D eigenvalue weighted by Crippen LogP contribution is -2.38. The minimum atomic E-state index is 0.0490. The van der Waals surface area contributed by atoms with E-state index in [1.165, 1.54) is 5.56 Å². The summed E-state index contributed by atoms with van der Waals surface area (Å²) in [6.45, 7) is 4.00. The Morgan fingerprint density at radius 2 is 2.08 bits per heavy atom. The van der Waals surface area contributed by atoms with E-state index in [2.05, 4.69) is 34.3 Å². The van der Waals surface area contributed by atoms with Crippen LogP contribution in [-0.2, 0) is 11.3 Å². The van der Waals surface area contributed by atoms with Crippen LogP contribution in [0.1, 0.15) is 30.5 Å². The number of nitrogens with one attached hydrogen (secondary N) is 1. The van der Waals surface area contributed by atoms with Crippen LogP contribution in [0.3, 0.4) is 0 Å². The van der Waals surface area contributed by atoms with Crippen molar-refractivity contribution in [2.24, 2.45) is 0 Å². The SMILES string of the molecule is COc1ccc([C@@H]2C[C@H](C)N(CC(=O)NCc3ccccn3)C2)cc1. The van der Waals surface area contributed by atoms with Crippen LogP contribution in [-0.4, -0.2) is 42.0 Å². The highest BCUT2D eigenvalue weighted by Crippen LogP contribution is 2.32. The van der Waals surface area contributed by atoms with Gasteiger partial charge in [-0.1, -0.05) is 18.2 Å². The number of nitrogens with zero attached hydrogens (tertiary/aromatic N) is 2. The zero-order valence-electron chi connectivity index (χ0n) is 14.8. The quantitative estimate of drug-likeness (QED) is 0.879. The number of ether oxygens (including phenoxy) is 1. The van der Waals surface area contributed by atoms with Crippen molar-refractivity contribution >= 4 is 5.91 Å². The van der Waals surface area contributed by atoms with Crippen molar-refractivity contribution in [3.8, 4) is 5.75 Å². The van der Waals surface area contributed by atoms with Crippen molar-refractivity contribution in [3.05, 3.63) is 59.9 Å². The summed E-state index contributed by atoms with van der Waals surface area (Å²) in [5, 5.41) is 2.96. The number of aromatic nitrogens is 1. The van der Waals surface area contributed by atoms with Gasteiger partial charge in [0.2, 0.25) is 5.91 Å². The number of hydrogen-bond acceptors (Lipinski definition) is 4. The van der Waals surface area contributed by atoms with Crippen LogP contribution < -0.4 is 10.1 Å². The van der Waals surface area contributed by atoms with E-state index in [0.29, 0.717) is 25.0 Å². The predicted molar refractivity (Wildman–Crippen MR) is 97.5 cm³/mol. The largest absolute Gasteiger partial charge is 0.497 e. The first-order valence-electron chi connectivity index (χ1n) is 8.70. The van der Waals surface area contributed by atoms with E-state index in [1.807, 2.05) is 30.3 Å². The van der Waals surface area contributed by atoms with Gasteiger partial charge in [-0.3, -0.25) is 14.7 Å². The first kappa shape index (κ1) is 17.4. The Labute approximate surface area is 149 Å². The zero-order valence-corrected chi connectivity index (χ0v) is 14.8. The molecule has 2 heterocycles. The molecule has 0 radical (unpaired) electrons. The van der Waals surface area contributed by atoms with Crippen LogP contribution in [0, 0.1) is 0 Å². The summed E-state index contributed by atoms with van der Waals surface area (Å²) in [7, 11) is 1.68. The molecule has 1 aromatic carbocycles. The highest BCUT2D eigenvalue weighted by Gasteiger charge is 2.31. The Hall–Kier alpha value is -2.40. The van der Waals surface area contributed by atoms with Crippen LogP contribution in [0.5, 0.6) is 5.75 Å². The number of amides is 1. The van der Waals surface area contributed by atoms with E-state index in [9.17, 15) is 4.79 Å². The minimum absolute atomic E-state index is 0.0490. The van der Waals surface area contributed by atoms with Gasteiger partial charge in [-0.15, -0.1) is 0 Å². The lowest BCUT2D eigenvalue weighted by Gasteiger charge is -2.20. The molecule has 0 bridgehead atoms. The van der Waals surface area contributed by atoms with Gasteiger partial charge in [0.05, 0.1) is 25.9 Å². The molecule has 0 aliphatic carbocycles. The highest BCUT2D eigenvalue weighted by molar-refractivity contribution is 5.78. The molecule has 0 spiro atoms. The Morgan fingerprint density at radius 1 is 1.28 bits per heavy atom. The first-order valence-corrected chi connectivity index (χ1v) is 8.70. The van der Waals surface area contributed by atoms with Gasteiger partial charge in [0.1, 0.15) is 5.75 Å². The molecule has 1 aliphatic heterocycles. The molecule has 1 amide bonds. The third kappa shape index (κ3) is 4.57. The van der Waals surface area contributed by atoms with Gasteiger partial charge >= 0.3 is 0 Å². The molecule has 5 heteroatoms. The molecule has 2 atom stereocenters. The van der Waals surface area contributed by atoms with Crippen LogP contribution in [0.2, 0.25) is 0 Å². The molecular formula is C20H25N3O2. The Kier molecular flexibility index (Phi) is 5.66. The number of likely N-dealkylation sites (tertiary alicyclic amines) is 1. The zero-order chi connectivity index (χ0) is 17.6. The Morgan fingerprint density at radius 3 is 2.76 bits per heavy atom. The van der Waals surface area contributed by atoms with Crippen molar-refractivity contribution in [2.45, 2.75) is 31.8 Å². The van der Waals surface area contributed by atoms with Gasteiger partial charge in [0.15, 0.2) is 0 Å². The highest BCUT2D eigenvalue weighted by atomic mass is 16.5. The number of methoxy groups -OCH3 is 1. The molecule has 2 aromatic rings. The van der Waals surface area contributed by atoms with Gasteiger partial charge in [-0.05, 0) is 49.1 Å². The van der Waals surface area contributed by atoms with Gasteiger partial charge in [0.25, 0.3) is 0 Å². The summed E-state index contributed by atoms with van der Waals surface area (Å²) in [6, 6.07) is 14.4. The lowest BCUT2D eigenvalue weighted by atomic mass is 9.97. The maximum atomic E-state index is 12.2. The molecule has 5 nitrogen and oxygen atoms in total. The predicted octanol–water partition coefficient (Wildman–Crippen LogP) is 2.58. The number of carbonyl (C=O) groups is 1. The minimum Gasteiger partial charge on any atom is -0.497 e. The fourth-order valence-corrected chi connectivity index (χ4v) is 3.37. The number of hydrogen-bond donors (Lipinski definition) is 1. The lowest BCUT2D eigenvalue weighted by molar-refractivity contribution is -0.122. The molecule has 3 rings (SSSR count). The molecule has 0 saturated carbocycles. The summed E-state index contributed by atoms with van der Waals surface area (Å²) in [5.41, 5.74) is 2.19. The molecule has 1 aromatic heterocycles. The molecular weight excluding hydrogens is 314 g/mol. The van der Waals surface area contributed by atoms with E-state index >= 15 is 0 Å². The summed E-state index contributed by atoms with van der Waals surface area (Å²) in [4.78, 5) is 18.7. The van der Waals surface area contributed by atoms with Crippen molar-refractivity contribution in [2.75, 3.05) is 20.2 Å². The Balaban J connectivity index is 1.51. The van der Waals surface area contributed by atoms with E-state index in [0.717, 1.165) is 24.4 Å². The molecule has 0 unspecified atom stereocenters. The number of benzene rings is 1. The smallest absolute Gasteiger partial charge is 0.234 e. The third-order valence-corrected chi connectivity index (χ3v) is 4.83. The van der Waals surface area contributed by atoms with E-state index in [-0.39, 0.29) is 5.91 Å². The standard InChI is InChI=1S/C20H25N3O2/c1-15-11-17(16-6-8-19(25-2)9-7-16)13-23(15)14-20(24)22-12-18-5-3-4-10-21-18/h3-10,15,17H,11-14H2,1-2H3,(H,22,24)/t15-,17+/m0/s1. The molecule has 1 aliphatic rings. The van der Waals surface area contributed by atoms with E-state index < -0.39 is 0 Å². The first-order chi connectivity index (χ1) is 12.2. The average molecular weight is 339 g/mol. The third-order valence-electron chi connectivity index (χ3n) is 4.83. The van der Waals surface area contributed by atoms with Gasteiger partial charge in [-0.2, -0.15) is 0 Å². The van der Waals surface area contributed by atoms with E-state index in [4.69, 9.17) is 4.74 Å². The second kappa shape index (κ2) is 8.12. The maximum Gasteiger partial charge on any atom is 0.234 e. The van der Waals surface area contributed by atoms with Crippen molar-refractivity contribution in [1.82, 2.24) is 15.2 Å². The van der Waals surface area contributed by atoms with Crippen molar-refractivity contribution < 1.29 is 9.53 Å². The summed E-state index contributed by atoms with van der Waals surface area (Å²) >= 11 is 0. The van der Waals surface area contributed by atoms with Crippen molar-refractivity contribution in [1.29, 1.82) is 0 Å². The average Bonchev–Trinajstić information content (AvgIpc) is 3.01. The molecule has 132 valence electrons. The number of pyridine rings is 1. The van der Waals surface area contributed by atoms with Gasteiger partial charge in [-0.25, -0.2) is 0 Å². The molecule has 1 fully saturated rings. The molecule has 1 saturated heterocycles. The van der Waals surface area contributed by atoms with E-state index in [1.54, 1.807) is 13.3 Å². The fraction of sp³-hybridized carbons (Fsp3) is 0.400. The normalized spacial score (nSPS) is 20.4. The second-order valence-electron chi connectivity index (χ2n) is 6.58. The second-order valence-corrected chi connectivity index (χ2v) is 6.58. The summed E-state index contributed by atoms with van der Waals surface area (Å²) in [6.07, 6.45) is 2.81. The number of rotatable bonds is 6. The van der Waals surface area contributed by atoms with Crippen LogP contribution in [0.4, 0.5) is 0 Å². The van der Waals surface area contributed by atoms with Crippen LogP contribution in [0.25, 0.3) is 0 Å². The topological polar surface area (TPSA) is 54.5 Å². The summed E-state index contributed by atoms with van der Waals surface area (Å²) in [5.74, 6) is 1.39. The summed E-state index contributed by atoms with van der Waals surface area (Å²) < 4.78 is 5.22. The number of carbonyl (C=O) groups excluding carboxylic acids is 1. The Bertz CT molecular complexity index is 688. The van der Waals surface area contributed by atoms with Crippen molar-refractivity contribution in [3.63, 3.8) is 0 Å². The maximum absolute atomic E-state index is 12.2. The monoisotopic (exact) mass is 339 g/mol.